The predicted octanol–water partition coefficient (Wildman–Crippen LogP) is 1.09. The van der Waals surface area contributed by atoms with Crippen molar-refractivity contribution in [2.75, 3.05) is 0 Å². The third-order valence-electron chi connectivity index (χ3n) is 1.00. The zero-order valence-electron chi connectivity index (χ0n) is 4.85. The molecule has 0 spiro atoms. The quantitative estimate of drug-likeness (QED) is 0.586. The van der Waals surface area contributed by atoms with E-state index in [1.54, 1.807) is 0 Å². The Morgan fingerprint density at radius 3 is 3.00 bits per heavy atom. The Morgan fingerprint density at radius 1 is 1.75 bits per heavy atom. The third-order valence-corrected chi connectivity index (χ3v) is 2.52. The van der Waals surface area contributed by atoms with Crippen molar-refractivity contribution in [2.24, 2.45) is 0 Å². The van der Waals surface area contributed by atoms with Gasteiger partial charge in [-0.15, -0.1) is 0 Å². The molecule has 1 rings (SSSR count). The summed E-state index contributed by atoms with van der Waals surface area (Å²) in [5.41, 5.74) is 0. The molecule has 44 valence electrons. The second-order valence-corrected chi connectivity index (χ2v) is 3.33. The van der Waals surface area contributed by atoms with E-state index < -0.39 is 0 Å². The van der Waals surface area contributed by atoms with Crippen LogP contribution >= 0.6 is 0 Å². The van der Waals surface area contributed by atoms with E-state index in [2.05, 4.69) is 23.3 Å². The van der Waals surface area contributed by atoms with Crippen molar-refractivity contribution in [3.8, 4) is 0 Å². The van der Waals surface area contributed by atoms with Crippen molar-refractivity contribution in [3.63, 3.8) is 0 Å². The van der Waals surface area contributed by atoms with Gasteiger partial charge in [0.2, 0.25) is 0 Å². The fourth-order valence-electron chi connectivity index (χ4n) is 0.585. The van der Waals surface area contributed by atoms with Crippen LogP contribution in [0.15, 0.2) is 22.9 Å². The summed E-state index contributed by atoms with van der Waals surface area (Å²) >= 11 is 0.644. The fourth-order valence-corrected chi connectivity index (χ4v) is 1.53. The zero-order valence-corrected chi connectivity index (χ0v) is 6.56. The molecular formula is C6H9NSe. The van der Waals surface area contributed by atoms with E-state index in [1.165, 1.54) is 4.60 Å². The number of hydrogen-bond donors (Lipinski definition) is 1. The van der Waals surface area contributed by atoms with Gasteiger partial charge < -0.3 is 0 Å². The maximum atomic E-state index is 3.18. The van der Waals surface area contributed by atoms with Gasteiger partial charge in [0.05, 0.1) is 0 Å². The van der Waals surface area contributed by atoms with Gasteiger partial charge in [0.1, 0.15) is 0 Å². The number of dihydropyridines is 1. The molecule has 0 amide bonds. The van der Waals surface area contributed by atoms with Crippen LogP contribution in [-0.2, 0) is 0 Å². The second-order valence-electron chi connectivity index (χ2n) is 1.55. The average molecular weight is 174 g/mol. The molecule has 0 aromatic carbocycles. The van der Waals surface area contributed by atoms with E-state index in [0.29, 0.717) is 15.0 Å². The second kappa shape index (κ2) is 2.95. The molecule has 0 aliphatic carbocycles. The molecule has 0 bridgehead atoms. The molecule has 1 aliphatic heterocycles. The molecule has 1 heterocycles. The van der Waals surface area contributed by atoms with Crippen molar-refractivity contribution < 1.29 is 0 Å². The van der Waals surface area contributed by atoms with Gasteiger partial charge in [-0.3, -0.25) is 0 Å². The van der Waals surface area contributed by atoms with Crippen LogP contribution in [-0.4, -0.2) is 15.0 Å². The first-order chi connectivity index (χ1) is 3.93. The van der Waals surface area contributed by atoms with Gasteiger partial charge in [-0.2, -0.15) is 0 Å². The van der Waals surface area contributed by atoms with E-state index >= 15 is 0 Å². The predicted molar refractivity (Wildman–Crippen MR) is 36.6 cm³/mol. The van der Waals surface area contributed by atoms with Crippen molar-refractivity contribution in [2.45, 2.75) is 12.2 Å². The Hall–Kier alpha value is -0.201. The fraction of sp³-hybridized carbons (Fsp3) is 0.333. The Balaban J connectivity index is 2.43. The molecular weight excluding hydrogens is 165 g/mol. The Bertz CT molecular complexity index is 126. The van der Waals surface area contributed by atoms with Crippen molar-refractivity contribution in [3.05, 3.63) is 22.9 Å². The molecule has 0 saturated heterocycles. The van der Waals surface area contributed by atoms with Crippen molar-refractivity contribution in [1.29, 1.82) is 0 Å². The summed E-state index contributed by atoms with van der Waals surface area (Å²) in [5.74, 6) is 2.21. The molecule has 1 nitrogen and oxygen atoms in total. The third kappa shape index (κ3) is 1.39. The summed E-state index contributed by atoms with van der Waals surface area (Å²) in [6.07, 6.45) is 7.48. The van der Waals surface area contributed by atoms with E-state index in [0.717, 1.165) is 6.42 Å². The summed E-state index contributed by atoms with van der Waals surface area (Å²) < 4.78 is 1.40. The summed E-state index contributed by atoms with van der Waals surface area (Å²) in [4.78, 5) is 0. The van der Waals surface area contributed by atoms with Crippen LogP contribution < -0.4 is 5.32 Å². The van der Waals surface area contributed by atoms with Crippen LogP contribution in [0, 0.1) is 0 Å². The first kappa shape index (κ1) is 5.93. The summed E-state index contributed by atoms with van der Waals surface area (Å²) in [7, 11) is 0. The van der Waals surface area contributed by atoms with E-state index in [4.69, 9.17) is 0 Å². The molecule has 0 aromatic heterocycles. The van der Waals surface area contributed by atoms with Gasteiger partial charge in [-0.05, 0) is 0 Å². The number of allylic oxidation sites excluding steroid dienone is 2. The minimum atomic E-state index is 0.644. The van der Waals surface area contributed by atoms with Gasteiger partial charge in [0.25, 0.3) is 0 Å². The Labute approximate surface area is 56.0 Å². The number of rotatable bonds is 1. The number of nitrogens with one attached hydrogen (secondary N) is 1. The van der Waals surface area contributed by atoms with Gasteiger partial charge >= 0.3 is 55.5 Å². The zero-order chi connectivity index (χ0) is 5.82. The van der Waals surface area contributed by atoms with Gasteiger partial charge in [-0.1, -0.05) is 0 Å². The first-order valence-corrected chi connectivity index (χ1v) is 5.16. The monoisotopic (exact) mass is 175 g/mol. The molecule has 8 heavy (non-hydrogen) atoms. The van der Waals surface area contributed by atoms with Gasteiger partial charge in [-0.25, -0.2) is 0 Å². The van der Waals surface area contributed by atoms with Crippen LogP contribution in [0.3, 0.4) is 0 Å². The molecule has 2 heteroatoms. The van der Waals surface area contributed by atoms with Crippen LogP contribution in [0.1, 0.15) is 6.42 Å². The number of hydrogen-bond acceptors (Lipinski definition) is 1. The molecule has 0 fully saturated rings. The first-order valence-electron chi connectivity index (χ1n) is 2.59. The normalized spacial score (nSPS) is 17.4. The van der Waals surface area contributed by atoms with E-state index in [-0.39, 0.29) is 0 Å². The molecule has 0 atom stereocenters. The van der Waals surface area contributed by atoms with Gasteiger partial charge in [0, 0.05) is 0 Å². The molecule has 0 unspecified atom stereocenters. The summed E-state index contributed by atoms with van der Waals surface area (Å²) in [6.45, 7) is 0. The van der Waals surface area contributed by atoms with Crippen LogP contribution in [0.2, 0.25) is 5.82 Å². The molecule has 1 N–H and O–H groups in total. The topological polar surface area (TPSA) is 12.0 Å². The molecule has 0 radical (unpaired) electrons. The van der Waals surface area contributed by atoms with Crippen molar-refractivity contribution in [1.82, 2.24) is 5.32 Å². The molecule has 0 saturated carbocycles. The van der Waals surface area contributed by atoms with Crippen LogP contribution in [0.25, 0.3) is 0 Å². The van der Waals surface area contributed by atoms with Gasteiger partial charge in [0.15, 0.2) is 0 Å². The van der Waals surface area contributed by atoms with Crippen LogP contribution in [0.5, 0.6) is 0 Å². The summed E-state index contributed by atoms with van der Waals surface area (Å²) in [5, 5.41) is 3.18. The average Bonchev–Trinajstić information content (AvgIpc) is 1.90. The standard InChI is InChI=1S/C6H9NSe/c1-8-6-4-2-3-5-7-6/h3-5,7H,2H2,1H3. The minimum absolute atomic E-state index is 0.644. The Morgan fingerprint density at radius 2 is 2.62 bits per heavy atom. The molecule has 1 aliphatic rings. The molecule has 0 aromatic rings. The Kier molecular flexibility index (Phi) is 2.19. The van der Waals surface area contributed by atoms with Crippen molar-refractivity contribution >= 4 is 15.0 Å². The van der Waals surface area contributed by atoms with E-state index in [9.17, 15) is 0 Å². The SMILES string of the molecule is C[Se]C1=CCC=CN1. The maximum absolute atomic E-state index is 3.18. The summed E-state index contributed by atoms with van der Waals surface area (Å²) in [6, 6.07) is 0. The van der Waals surface area contributed by atoms with E-state index in [1.807, 2.05) is 6.20 Å². The van der Waals surface area contributed by atoms with Crippen LogP contribution in [0.4, 0.5) is 0 Å².